The fourth-order valence-electron chi connectivity index (χ4n) is 0.988. The molecule has 72 valence electrons. The standard InChI is InChI=1S/C9H5Br2NO2/c10-7-1-5(4-12)2-8(11)6(7)3-9(13)14/h1-2H,3H2,(H,13,14). The summed E-state index contributed by atoms with van der Waals surface area (Å²) in [5.74, 6) is -0.906. The summed E-state index contributed by atoms with van der Waals surface area (Å²) in [5, 5.41) is 17.3. The lowest BCUT2D eigenvalue weighted by atomic mass is 10.1. The minimum atomic E-state index is -0.906. The Bertz CT molecular complexity index is 400. The topological polar surface area (TPSA) is 61.1 Å². The third-order valence-corrected chi connectivity index (χ3v) is 3.01. The van der Waals surface area contributed by atoms with E-state index < -0.39 is 5.97 Å². The van der Waals surface area contributed by atoms with Crippen LogP contribution in [0.5, 0.6) is 0 Å². The number of rotatable bonds is 2. The molecule has 0 saturated heterocycles. The van der Waals surface area contributed by atoms with Crippen LogP contribution in [0.4, 0.5) is 0 Å². The van der Waals surface area contributed by atoms with Gasteiger partial charge in [-0.15, -0.1) is 0 Å². The van der Waals surface area contributed by atoms with Crippen LogP contribution in [0.3, 0.4) is 0 Å². The lowest BCUT2D eigenvalue weighted by molar-refractivity contribution is -0.136. The number of hydrogen-bond acceptors (Lipinski definition) is 2. The van der Waals surface area contributed by atoms with Crippen molar-refractivity contribution >= 4 is 37.8 Å². The molecular weight excluding hydrogens is 314 g/mol. The third kappa shape index (κ3) is 2.56. The van der Waals surface area contributed by atoms with Crippen LogP contribution in [0.2, 0.25) is 0 Å². The van der Waals surface area contributed by atoms with Crippen LogP contribution in [0.15, 0.2) is 21.1 Å². The second-order valence-corrected chi connectivity index (χ2v) is 4.31. The van der Waals surface area contributed by atoms with Gasteiger partial charge in [-0.1, -0.05) is 31.9 Å². The van der Waals surface area contributed by atoms with E-state index >= 15 is 0 Å². The third-order valence-electron chi connectivity index (χ3n) is 1.60. The summed E-state index contributed by atoms with van der Waals surface area (Å²) in [6, 6.07) is 5.18. The van der Waals surface area contributed by atoms with E-state index in [0.717, 1.165) is 0 Å². The number of hydrogen-bond donors (Lipinski definition) is 1. The van der Waals surface area contributed by atoms with Crippen LogP contribution in [0, 0.1) is 11.3 Å². The van der Waals surface area contributed by atoms with Gasteiger partial charge in [-0.25, -0.2) is 0 Å². The average molecular weight is 319 g/mol. The molecular formula is C9H5Br2NO2. The minimum Gasteiger partial charge on any atom is -0.481 e. The predicted octanol–water partition coefficient (Wildman–Crippen LogP) is 2.71. The first-order valence-corrected chi connectivity index (χ1v) is 5.23. The molecule has 0 aromatic heterocycles. The molecule has 5 heteroatoms. The zero-order chi connectivity index (χ0) is 10.7. The Morgan fingerprint density at radius 2 is 1.93 bits per heavy atom. The number of nitrogens with zero attached hydrogens (tertiary/aromatic N) is 1. The first kappa shape index (κ1) is 11.2. The number of carboxylic acid groups (broad SMARTS) is 1. The van der Waals surface area contributed by atoms with Gasteiger partial charge in [-0.2, -0.15) is 5.26 Å². The SMILES string of the molecule is N#Cc1cc(Br)c(CC(=O)O)c(Br)c1. The summed E-state index contributed by atoms with van der Waals surface area (Å²) in [5.41, 5.74) is 1.12. The molecule has 0 amide bonds. The lowest BCUT2D eigenvalue weighted by Crippen LogP contribution is -2.02. The van der Waals surface area contributed by atoms with Gasteiger partial charge in [0.1, 0.15) is 0 Å². The van der Waals surface area contributed by atoms with Crippen molar-refractivity contribution in [3.05, 3.63) is 32.2 Å². The molecule has 1 N–H and O–H groups in total. The van der Waals surface area contributed by atoms with Gasteiger partial charge in [0.2, 0.25) is 0 Å². The molecule has 0 unspecified atom stereocenters. The fourth-order valence-corrected chi connectivity index (χ4v) is 2.45. The van der Waals surface area contributed by atoms with E-state index in [4.69, 9.17) is 10.4 Å². The molecule has 0 spiro atoms. The highest BCUT2D eigenvalue weighted by atomic mass is 79.9. The molecule has 1 aromatic rings. The smallest absolute Gasteiger partial charge is 0.307 e. The van der Waals surface area contributed by atoms with Crippen LogP contribution >= 0.6 is 31.9 Å². The number of halogens is 2. The molecule has 0 radical (unpaired) electrons. The summed E-state index contributed by atoms with van der Waals surface area (Å²) < 4.78 is 1.26. The van der Waals surface area contributed by atoms with Crippen LogP contribution in [0.25, 0.3) is 0 Å². The maximum Gasteiger partial charge on any atom is 0.307 e. The largest absolute Gasteiger partial charge is 0.481 e. The molecule has 0 aliphatic heterocycles. The van der Waals surface area contributed by atoms with Crippen molar-refractivity contribution in [3.63, 3.8) is 0 Å². The van der Waals surface area contributed by atoms with E-state index in [0.29, 0.717) is 20.1 Å². The first-order chi connectivity index (χ1) is 6.54. The van der Waals surface area contributed by atoms with Crippen molar-refractivity contribution in [3.8, 4) is 6.07 Å². The van der Waals surface area contributed by atoms with Crippen molar-refractivity contribution < 1.29 is 9.90 Å². The normalized spacial score (nSPS) is 9.50. The van der Waals surface area contributed by atoms with Crippen LogP contribution < -0.4 is 0 Å². The molecule has 1 rings (SSSR count). The van der Waals surface area contributed by atoms with Gasteiger partial charge in [0, 0.05) is 8.95 Å². The maximum atomic E-state index is 10.5. The summed E-state index contributed by atoms with van der Waals surface area (Å²) in [7, 11) is 0. The van der Waals surface area contributed by atoms with E-state index in [9.17, 15) is 4.79 Å². The van der Waals surface area contributed by atoms with E-state index in [1.165, 1.54) is 0 Å². The first-order valence-electron chi connectivity index (χ1n) is 3.64. The van der Waals surface area contributed by atoms with Gasteiger partial charge in [0.15, 0.2) is 0 Å². The Labute approximate surface area is 97.6 Å². The highest BCUT2D eigenvalue weighted by Crippen LogP contribution is 2.27. The maximum absolute atomic E-state index is 10.5. The van der Waals surface area contributed by atoms with Crippen molar-refractivity contribution in [2.75, 3.05) is 0 Å². The van der Waals surface area contributed by atoms with Crippen molar-refractivity contribution in [2.45, 2.75) is 6.42 Å². The van der Waals surface area contributed by atoms with Crippen LogP contribution in [-0.2, 0) is 11.2 Å². The van der Waals surface area contributed by atoms with Crippen LogP contribution in [-0.4, -0.2) is 11.1 Å². The minimum absolute atomic E-state index is 0.0765. The van der Waals surface area contributed by atoms with Crippen molar-refractivity contribution in [2.24, 2.45) is 0 Å². The fraction of sp³-hybridized carbons (Fsp3) is 0.111. The Hall–Kier alpha value is -0.860. The van der Waals surface area contributed by atoms with Crippen LogP contribution in [0.1, 0.15) is 11.1 Å². The van der Waals surface area contributed by atoms with E-state index in [1.807, 2.05) is 6.07 Å². The van der Waals surface area contributed by atoms with Gasteiger partial charge in [-0.3, -0.25) is 4.79 Å². The summed E-state index contributed by atoms with van der Waals surface area (Å²) in [6.45, 7) is 0. The highest BCUT2D eigenvalue weighted by Gasteiger charge is 2.10. The Morgan fingerprint density at radius 3 is 2.29 bits per heavy atom. The number of nitriles is 1. The molecule has 0 heterocycles. The monoisotopic (exact) mass is 317 g/mol. The lowest BCUT2D eigenvalue weighted by Gasteiger charge is -2.04. The highest BCUT2D eigenvalue weighted by molar-refractivity contribution is 9.11. The molecule has 0 fully saturated rings. The van der Waals surface area contributed by atoms with Gasteiger partial charge in [-0.05, 0) is 17.7 Å². The molecule has 0 atom stereocenters. The number of carbonyl (C=O) groups is 1. The molecule has 0 bridgehead atoms. The van der Waals surface area contributed by atoms with Gasteiger partial charge < -0.3 is 5.11 Å². The summed E-state index contributed by atoms with van der Waals surface area (Å²) in [6.07, 6.45) is -0.0765. The quantitative estimate of drug-likeness (QED) is 0.912. The zero-order valence-corrected chi connectivity index (χ0v) is 10.1. The molecule has 1 aromatic carbocycles. The molecule has 3 nitrogen and oxygen atoms in total. The number of aliphatic carboxylic acids is 1. The summed E-state index contributed by atoms with van der Waals surface area (Å²) >= 11 is 6.45. The number of carboxylic acids is 1. The van der Waals surface area contributed by atoms with Gasteiger partial charge >= 0.3 is 5.97 Å². The van der Waals surface area contributed by atoms with Gasteiger partial charge in [0.25, 0.3) is 0 Å². The predicted molar refractivity (Wildman–Crippen MR) is 57.9 cm³/mol. The Balaban J connectivity index is 3.19. The molecule has 14 heavy (non-hydrogen) atoms. The van der Waals surface area contributed by atoms with E-state index in [1.54, 1.807) is 12.1 Å². The molecule has 0 saturated carbocycles. The molecule has 0 aliphatic rings. The second kappa shape index (κ2) is 4.58. The van der Waals surface area contributed by atoms with E-state index in [2.05, 4.69) is 31.9 Å². The van der Waals surface area contributed by atoms with Crippen molar-refractivity contribution in [1.82, 2.24) is 0 Å². The molecule has 0 aliphatic carbocycles. The Kier molecular flexibility index (Phi) is 3.67. The zero-order valence-electron chi connectivity index (χ0n) is 6.92. The average Bonchev–Trinajstić information content (AvgIpc) is 2.10. The summed E-state index contributed by atoms with van der Waals surface area (Å²) in [4.78, 5) is 10.5. The van der Waals surface area contributed by atoms with Gasteiger partial charge in [0.05, 0.1) is 18.1 Å². The Morgan fingerprint density at radius 1 is 1.43 bits per heavy atom. The van der Waals surface area contributed by atoms with E-state index in [-0.39, 0.29) is 6.42 Å². The van der Waals surface area contributed by atoms with Crippen molar-refractivity contribution in [1.29, 1.82) is 5.26 Å². The number of benzene rings is 1. The second-order valence-electron chi connectivity index (χ2n) is 2.60.